The molecule has 0 radical (unpaired) electrons. The summed E-state index contributed by atoms with van der Waals surface area (Å²) >= 11 is 0. The molecule has 1 saturated heterocycles. The molecule has 0 spiro atoms. The Bertz CT molecular complexity index is 1110. The normalized spacial score (nSPS) is 26.5. The number of benzene rings is 1. The molecule has 2 aromatic heterocycles. The lowest BCUT2D eigenvalue weighted by Crippen LogP contribution is -2.40. The smallest absolute Gasteiger partial charge is 0.181 e. The monoisotopic (exact) mass is 395 g/mol. The minimum Gasteiger partial charge on any atom is -0.394 e. The van der Waals surface area contributed by atoms with E-state index in [4.69, 9.17) is 4.74 Å². The Morgan fingerprint density at radius 2 is 1.93 bits per heavy atom. The van der Waals surface area contributed by atoms with Crippen LogP contribution in [0.25, 0.3) is 11.0 Å². The zero-order chi connectivity index (χ0) is 20.8. The van der Waals surface area contributed by atoms with Gasteiger partial charge in [0.1, 0.15) is 24.2 Å². The van der Waals surface area contributed by atoms with Gasteiger partial charge in [0.25, 0.3) is 0 Å². The number of fused-ring (bicyclic) bond motifs is 1. The topological polar surface area (TPSA) is 80.4 Å². The number of halogens is 1. The van der Waals surface area contributed by atoms with Gasteiger partial charge in [-0.3, -0.25) is 0 Å². The molecule has 29 heavy (non-hydrogen) atoms. The summed E-state index contributed by atoms with van der Waals surface area (Å²) in [6, 6.07) is 7.84. The van der Waals surface area contributed by atoms with Gasteiger partial charge < -0.3 is 19.5 Å². The summed E-state index contributed by atoms with van der Waals surface area (Å²) in [6.07, 6.45) is -0.558. The van der Waals surface area contributed by atoms with Crippen LogP contribution in [0.1, 0.15) is 35.5 Å². The number of aliphatic hydroxyl groups excluding tert-OH is 2. The molecule has 7 heteroatoms. The maximum atomic E-state index is 15.3. The molecule has 3 heterocycles. The van der Waals surface area contributed by atoms with Crippen LogP contribution in [-0.2, 0) is 4.74 Å². The van der Waals surface area contributed by atoms with E-state index in [1.54, 1.807) is 6.20 Å². The van der Waals surface area contributed by atoms with E-state index in [0.717, 1.165) is 11.1 Å². The second kappa shape index (κ2) is 7.23. The molecule has 4 atom stereocenters. The number of nitrogens with zero attached hydrogens (tertiary/aromatic N) is 3. The van der Waals surface area contributed by atoms with E-state index in [2.05, 4.69) is 21.8 Å². The van der Waals surface area contributed by atoms with Crippen molar-refractivity contribution in [1.82, 2.24) is 14.5 Å². The van der Waals surface area contributed by atoms with Crippen molar-refractivity contribution in [2.24, 2.45) is 0 Å². The molecule has 1 aromatic carbocycles. The quantitative estimate of drug-likeness (QED) is 0.652. The first-order chi connectivity index (χ1) is 13.8. The van der Waals surface area contributed by atoms with Gasteiger partial charge in [-0.2, -0.15) is 0 Å². The zero-order valence-corrected chi connectivity index (χ0v) is 16.4. The minimum atomic E-state index is -2.11. The first-order valence-electron chi connectivity index (χ1n) is 9.37. The number of ether oxygens (including phenoxy) is 1. The lowest BCUT2D eigenvalue weighted by atomic mass is 9.98. The van der Waals surface area contributed by atoms with Crippen LogP contribution in [0.15, 0.2) is 36.8 Å². The summed E-state index contributed by atoms with van der Waals surface area (Å²) < 4.78 is 22.5. The number of aryl methyl sites for hydroxylation is 2. The standard InChI is InChI=1S/C22H22FN3O3/c1-13-4-6-15(7-5-13)8-9-16-10-26(20-18(16)14(2)24-12-25-20)21-22(3,23)19(28)17(11-27)29-21/h4-7,10,12,17,19,21,27-28H,11H2,1-3H3/t17-,19-,21-,22-/m1/s1. The molecular weight excluding hydrogens is 373 g/mol. The van der Waals surface area contributed by atoms with Crippen molar-refractivity contribution in [1.29, 1.82) is 0 Å². The zero-order valence-electron chi connectivity index (χ0n) is 16.4. The Morgan fingerprint density at radius 3 is 2.59 bits per heavy atom. The van der Waals surface area contributed by atoms with Crippen LogP contribution < -0.4 is 0 Å². The van der Waals surface area contributed by atoms with Crippen LogP contribution in [0.3, 0.4) is 0 Å². The summed E-state index contributed by atoms with van der Waals surface area (Å²) in [5.74, 6) is 6.25. The van der Waals surface area contributed by atoms with Gasteiger partial charge in [0.05, 0.1) is 23.3 Å². The van der Waals surface area contributed by atoms with Crippen molar-refractivity contribution in [2.45, 2.75) is 44.9 Å². The summed E-state index contributed by atoms with van der Waals surface area (Å²) in [6.45, 7) is 4.62. The predicted molar refractivity (Wildman–Crippen MR) is 106 cm³/mol. The molecule has 1 aliphatic rings. The van der Waals surface area contributed by atoms with Gasteiger partial charge in [0.2, 0.25) is 0 Å². The third-order valence-electron chi connectivity index (χ3n) is 5.34. The van der Waals surface area contributed by atoms with Crippen LogP contribution in [-0.4, -0.2) is 49.2 Å². The highest BCUT2D eigenvalue weighted by atomic mass is 19.1. The average molecular weight is 395 g/mol. The average Bonchev–Trinajstić information content (AvgIpc) is 3.17. The lowest BCUT2D eigenvalue weighted by molar-refractivity contribution is -0.0564. The highest BCUT2D eigenvalue weighted by Gasteiger charge is 2.55. The molecule has 1 fully saturated rings. The van der Waals surface area contributed by atoms with Gasteiger partial charge in [0, 0.05) is 11.8 Å². The maximum Gasteiger partial charge on any atom is 0.181 e. The SMILES string of the molecule is Cc1ccc(C#Cc2cn([C@@H]3O[C@H](CO)[C@@H](O)[C@@]3(C)F)c3ncnc(C)c23)cc1. The molecule has 0 amide bonds. The maximum absolute atomic E-state index is 15.3. The van der Waals surface area contributed by atoms with Crippen LogP contribution in [0.5, 0.6) is 0 Å². The Balaban J connectivity index is 1.84. The molecule has 1 aliphatic heterocycles. The number of hydrogen-bond donors (Lipinski definition) is 2. The van der Waals surface area contributed by atoms with Crippen molar-refractivity contribution < 1.29 is 19.3 Å². The highest BCUT2D eigenvalue weighted by Crippen LogP contribution is 2.43. The molecule has 2 N–H and O–H groups in total. The molecule has 150 valence electrons. The van der Waals surface area contributed by atoms with Gasteiger partial charge in [-0.15, -0.1) is 0 Å². The van der Waals surface area contributed by atoms with E-state index in [9.17, 15) is 10.2 Å². The van der Waals surface area contributed by atoms with Crippen molar-refractivity contribution in [3.63, 3.8) is 0 Å². The van der Waals surface area contributed by atoms with Gasteiger partial charge in [-0.1, -0.05) is 29.5 Å². The van der Waals surface area contributed by atoms with Crippen molar-refractivity contribution in [3.8, 4) is 11.8 Å². The minimum absolute atomic E-state index is 0.463. The van der Waals surface area contributed by atoms with E-state index in [-0.39, 0.29) is 0 Å². The first kappa shape index (κ1) is 19.5. The molecule has 3 aromatic rings. The highest BCUT2D eigenvalue weighted by molar-refractivity contribution is 5.86. The Kier molecular flexibility index (Phi) is 4.87. The summed E-state index contributed by atoms with van der Waals surface area (Å²) in [7, 11) is 0. The van der Waals surface area contributed by atoms with Gasteiger partial charge >= 0.3 is 0 Å². The van der Waals surface area contributed by atoms with Crippen LogP contribution in [0.4, 0.5) is 4.39 Å². The van der Waals surface area contributed by atoms with E-state index in [0.29, 0.717) is 22.3 Å². The van der Waals surface area contributed by atoms with E-state index in [1.165, 1.54) is 17.8 Å². The second-order valence-electron chi connectivity index (χ2n) is 7.53. The van der Waals surface area contributed by atoms with Crippen molar-refractivity contribution >= 4 is 11.0 Å². The molecule has 0 aliphatic carbocycles. The summed E-state index contributed by atoms with van der Waals surface area (Å²) in [5, 5.41) is 20.3. The number of hydrogen-bond acceptors (Lipinski definition) is 5. The Labute approximate surface area is 168 Å². The van der Waals surface area contributed by atoms with Gasteiger partial charge in [0.15, 0.2) is 11.9 Å². The van der Waals surface area contributed by atoms with Crippen molar-refractivity contribution in [2.75, 3.05) is 6.61 Å². The fourth-order valence-corrected chi connectivity index (χ4v) is 3.65. The predicted octanol–water partition coefficient (Wildman–Crippen LogP) is 2.43. The van der Waals surface area contributed by atoms with Gasteiger partial charge in [-0.05, 0) is 32.9 Å². The van der Waals surface area contributed by atoms with E-state index >= 15 is 4.39 Å². The molecular formula is C22H22FN3O3. The fourth-order valence-electron chi connectivity index (χ4n) is 3.65. The van der Waals surface area contributed by atoms with Crippen LogP contribution >= 0.6 is 0 Å². The van der Waals surface area contributed by atoms with Crippen LogP contribution in [0.2, 0.25) is 0 Å². The van der Waals surface area contributed by atoms with E-state index in [1.807, 2.05) is 38.1 Å². The first-order valence-corrected chi connectivity index (χ1v) is 9.37. The Morgan fingerprint density at radius 1 is 1.21 bits per heavy atom. The van der Waals surface area contributed by atoms with Crippen LogP contribution in [0, 0.1) is 25.7 Å². The van der Waals surface area contributed by atoms with Crippen molar-refractivity contribution in [3.05, 3.63) is 59.2 Å². The molecule has 4 rings (SSSR count). The Hall–Kier alpha value is -2.79. The molecule has 0 saturated carbocycles. The number of rotatable bonds is 2. The number of aromatic nitrogens is 3. The molecule has 0 unspecified atom stereocenters. The number of aliphatic hydroxyl groups is 2. The third-order valence-corrected chi connectivity index (χ3v) is 5.34. The molecule has 6 nitrogen and oxygen atoms in total. The fraction of sp³-hybridized carbons (Fsp3) is 0.364. The molecule has 0 bridgehead atoms. The third kappa shape index (κ3) is 3.29. The van der Waals surface area contributed by atoms with E-state index < -0.39 is 30.7 Å². The summed E-state index contributed by atoms with van der Waals surface area (Å²) in [4.78, 5) is 8.55. The largest absolute Gasteiger partial charge is 0.394 e. The second-order valence-corrected chi connectivity index (χ2v) is 7.53. The number of alkyl halides is 1. The van der Waals surface area contributed by atoms with Gasteiger partial charge in [-0.25, -0.2) is 14.4 Å². The summed E-state index contributed by atoms with van der Waals surface area (Å²) in [5.41, 5.74) is 1.70. The lowest BCUT2D eigenvalue weighted by Gasteiger charge is -2.25.